The van der Waals surface area contributed by atoms with Gasteiger partial charge in [-0.15, -0.1) is 10.2 Å². The molecule has 1 amide bonds. The minimum Gasteiger partial charge on any atom is -0.491 e. The molecule has 0 bridgehead atoms. The molecule has 0 aliphatic rings. The molecule has 0 fully saturated rings. The second-order valence-electron chi connectivity index (χ2n) is 5.35. The van der Waals surface area contributed by atoms with Crippen LogP contribution in [0.3, 0.4) is 0 Å². The summed E-state index contributed by atoms with van der Waals surface area (Å²) in [6.45, 7) is 4.06. The summed E-state index contributed by atoms with van der Waals surface area (Å²) in [5, 5.41) is 7.78. The summed E-state index contributed by atoms with van der Waals surface area (Å²) in [6.07, 6.45) is 1.57. The Morgan fingerprint density at radius 1 is 1.39 bits per heavy atom. The quantitative estimate of drug-likeness (QED) is 0.847. The third kappa shape index (κ3) is 3.30. The largest absolute Gasteiger partial charge is 0.491 e. The van der Waals surface area contributed by atoms with Crippen molar-refractivity contribution in [3.05, 3.63) is 41.5 Å². The molecule has 124 valence electrons. The van der Waals surface area contributed by atoms with Crippen molar-refractivity contribution >= 4 is 5.91 Å². The summed E-state index contributed by atoms with van der Waals surface area (Å²) in [4.78, 5) is 13.7. The Balaban J connectivity index is 2.25. The number of carbonyl (C=O) groups excluding carboxylic acids is 1. The van der Waals surface area contributed by atoms with Gasteiger partial charge in [0.05, 0.1) is 19.2 Å². The number of nitrogens with zero attached hydrogens (tertiary/aromatic N) is 4. The molecule has 6 nitrogen and oxygen atoms in total. The van der Waals surface area contributed by atoms with Crippen molar-refractivity contribution in [3.63, 3.8) is 0 Å². The molecule has 2 rings (SSSR count). The van der Waals surface area contributed by atoms with Crippen molar-refractivity contribution in [1.29, 1.82) is 0 Å². The normalized spacial score (nSPS) is 10.9. The third-order valence-corrected chi connectivity index (χ3v) is 3.41. The number of ether oxygens (including phenoxy) is 1. The Kier molecular flexibility index (Phi) is 4.92. The zero-order valence-corrected chi connectivity index (χ0v) is 13.4. The fourth-order valence-electron chi connectivity index (χ4n) is 2.19. The van der Waals surface area contributed by atoms with Crippen LogP contribution in [-0.4, -0.2) is 39.7 Å². The van der Waals surface area contributed by atoms with Gasteiger partial charge in [-0.25, -0.2) is 8.78 Å². The zero-order chi connectivity index (χ0) is 17.1. The highest BCUT2D eigenvalue weighted by Gasteiger charge is 2.23. The van der Waals surface area contributed by atoms with E-state index in [0.29, 0.717) is 5.82 Å². The lowest BCUT2D eigenvalue weighted by Crippen LogP contribution is -2.29. The molecule has 0 radical (unpaired) electrons. The maximum Gasteiger partial charge on any atom is 0.257 e. The highest BCUT2D eigenvalue weighted by molar-refractivity contribution is 5.94. The van der Waals surface area contributed by atoms with Crippen molar-refractivity contribution in [1.82, 2.24) is 19.7 Å². The van der Waals surface area contributed by atoms with Crippen LogP contribution in [0, 0.1) is 11.6 Å². The van der Waals surface area contributed by atoms with Crippen LogP contribution in [0.2, 0.25) is 0 Å². The van der Waals surface area contributed by atoms with E-state index in [1.54, 1.807) is 6.33 Å². The third-order valence-electron chi connectivity index (χ3n) is 3.41. The van der Waals surface area contributed by atoms with Gasteiger partial charge in [0, 0.05) is 13.1 Å². The van der Waals surface area contributed by atoms with Crippen LogP contribution in [0.1, 0.15) is 36.1 Å². The van der Waals surface area contributed by atoms with Gasteiger partial charge in [0.25, 0.3) is 5.91 Å². The van der Waals surface area contributed by atoms with Crippen LogP contribution in [-0.2, 0) is 6.54 Å². The van der Waals surface area contributed by atoms with Crippen molar-refractivity contribution in [2.75, 3.05) is 14.2 Å². The number of rotatable bonds is 5. The molecule has 2 aromatic rings. The smallest absolute Gasteiger partial charge is 0.257 e. The standard InChI is InChI=1S/C15H18F2N4O2/c1-9(2)21-8-18-19-12(21)7-20(3)15(22)10-5-6-11(16)14(23-4)13(10)17/h5-6,8-9H,7H2,1-4H3. The average Bonchev–Trinajstić information content (AvgIpc) is 2.95. The summed E-state index contributed by atoms with van der Waals surface area (Å²) in [6, 6.07) is 2.23. The molecule has 1 aromatic heterocycles. The zero-order valence-electron chi connectivity index (χ0n) is 13.4. The minimum atomic E-state index is -1.02. The molecule has 0 saturated heterocycles. The van der Waals surface area contributed by atoms with Crippen molar-refractivity contribution in [2.24, 2.45) is 0 Å². The molecule has 1 heterocycles. The molecular formula is C15H18F2N4O2. The predicted octanol–water partition coefficient (Wildman–Crippen LogP) is 2.42. The average molecular weight is 324 g/mol. The van der Waals surface area contributed by atoms with Gasteiger partial charge in [0.15, 0.2) is 23.2 Å². The first-order valence-corrected chi connectivity index (χ1v) is 7.02. The van der Waals surface area contributed by atoms with Crippen LogP contribution < -0.4 is 4.74 Å². The van der Waals surface area contributed by atoms with Gasteiger partial charge in [-0.2, -0.15) is 0 Å². The van der Waals surface area contributed by atoms with E-state index < -0.39 is 23.3 Å². The summed E-state index contributed by atoms with van der Waals surface area (Å²) >= 11 is 0. The molecular weight excluding hydrogens is 306 g/mol. The summed E-state index contributed by atoms with van der Waals surface area (Å²) < 4.78 is 34.1. The first-order valence-electron chi connectivity index (χ1n) is 7.02. The van der Waals surface area contributed by atoms with Gasteiger partial charge in [0.2, 0.25) is 0 Å². The second kappa shape index (κ2) is 6.72. The van der Waals surface area contributed by atoms with E-state index in [1.165, 1.54) is 11.9 Å². The van der Waals surface area contributed by atoms with E-state index in [2.05, 4.69) is 14.9 Å². The lowest BCUT2D eigenvalue weighted by atomic mass is 10.1. The molecule has 0 unspecified atom stereocenters. The Morgan fingerprint density at radius 2 is 2.09 bits per heavy atom. The number of carbonyl (C=O) groups is 1. The molecule has 1 aromatic carbocycles. The Morgan fingerprint density at radius 3 is 2.70 bits per heavy atom. The van der Waals surface area contributed by atoms with Crippen LogP contribution in [0.4, 0.5) is 8.78 Å². The van der Waals surface area contributed by atoms with Gasteiger partial charge in [-0.05, 0) is 26.0 Å². The molecule has 0 aliphatic heterocycles. The van der Waals surface area contributed by atoms with Gasteiger partial charge >= 0.3 is 0 Å². The van der Waals surface area contributed by atoms with E-state index in [0.717, 1.165) is 19.2 Å². The number of benzene rings is 1. The molecule has 0 atom stereocenters. The highest BCUT2D eigenvalue weighted by Crippen LogP contribution is 2.25. The van der Waals surface area contributed by atoms with E-state index in [-0.39, 0.29) is 18.2 Å². The summed E-state index contributed by atoms with van der Waals surface area (Å²) in [7, 11) is 2.65. The minimum absolute atomic E-state index is 0.131. The topological polar surface area (TPSA) is 60.2 Å². The number of halogens is 2. The molecule has 8 heteroatoms. The van der Waals surface area contributed by atoms with Gasteiger partial charge in [-0.3, -0.25) is 4.79 Å². The van der Waals surface area contributed by atoms with Gasteiger partial charge in [0.1, 0.15) is 6.33 Å². The maximum absolute atomic E-state index is 14.2. The highest BCUT2D eigenvalue weighted by atomic mass is 19.1. The number of hydrogen-bond acceptors (Lipinski definition) is 4. The van der Waals surface area contributed by atoms with Crippen LogP contribution in [0.15, 0.2) is 18.5 Å². The fraction of sp³-hybridized carbons (Fsp3) is 0.400. The van der Waals surface area contributed by atoms with Crippen LogP contribution in [0.5, 0.6) is 5.75 Å². The molecule has 0 aliphatic carbocycles. The molecule has 0 spiro atoms. The summed E-state index contributed by atoms with van der Waals surface area (Å²) in [5.74, 6) is -2.47. The Hall–Kier alpha value is -2.51. The lowest BCUT2D eigenvalue weighted by molar-refractivity contribution is 0.0773. The first kappa shape index (κ1) is 16.9. The van der Waals surface area contributed by atoms with Crippen LogP contribution >= 0.6 is 0 Å². The number of aromatic nitrogens is 3. The van der Waals surface area contributed by atoms with E-state index in [1.807, 2.05) is 18.4 Å². The van der Waals surface area contributed by atoms with Crippen LogP contribution in [0.25, 0.3) is 0 Å². The number of methoxy groups -OCH3 is 1. The number of amides is 1. The molecule has 0 saturated carbocycles. The molecule has 23 heavy (non-hydrogen) atoms. The maximum atomic E-state index is 14.2. The van der Waals surface area contributed by atoms with Gasteiger partial charge in [-0.1, -0.05) is 0 Å². The van der Waals surface area contributed by atoms with Crippen molar-refractivity contribution in [2.45, 2.75) is 26.4 Å². The predicted molar refractivity (Wildman–Crippen MR) is 79.1 cm³/mol. The van der Waals surface area contributed by atoms with E-state index in [4.69, 9.17) is 0 Å². The molecule has 0 N–H and O–H groups in total. The monoisotopic (exact) mass is 324 g/mol. The summed E-state index contributed by atoms with van der Waals surface area (Å²) in [5.41, 5.74) is -0.263. The Bertz CT molecular complexity index is 715. The second-order valence-corrected chi connectivity index (χ2v) is 5.35. The Labute approximate surface area is 132 Å². The van der Waals surface area contributed by atoms with E-state index >= 15 is 0 Å². The SMILES string of the molecule is COc1c(F)ccc(C(=O)N(C)Cc2nncn2C(C)C)c1F. The van der Waals surface area contributed by atoms with Gasteiger partial charge < -0.3 is 14.2 Å². The van der Waals surface area contributed by atoms with Crippen molar-refractivity contribution < 1.29 is 18.3 Å². The first-order chi connectivity index (χ1) is 10.9. The lowest BCUT2D eigenvalue weighted by Gasteiger charge is -2.19. The number of hydrogen-bond donors (Lipinski definition) is 0. The van der Waals surface area contributed by atoms with Crippen molar-refractivity contribution in [3.8, 4) is 5.75 Å². The van der Waals surface area contributed by atoms with E-state index in [9.17, 15) is 13.6 Å². The fourth-order valence-corrected chi connectivity index (χ4v) is 2.19.